The van der Waals surface area contributed by atoms with Crippen LogP contribution in [0.2, 0.25) is 0 Å². The van der Waals surface area contributed by atoms with Crippen molar-refractivity contribution < 1.29 is 14.6 Å². The second-order valence-electron chi connectivity index (χ2n) is 4.61. The van der Waals surface area contributed by atoms with Gasteiger partial charge in [-0.25, -0.2) is 0 Å². The first kappa shape index (κ1) is 15.8. The summed E-state index contributed by atoms with van der Waals surface area (Å²) in [5, 5.41) is 24.3. The lowest BCUT2D eigenvalue weighted by molar-refractivity contribution is -0.393. The minimum absolute atomic E-state index is 0.244. The van der Waals surface area contributed by atoms with Crippen LogP contribution in [0.3, 0.4) is 0 Å². The molecule has 0 bridgehead atoms. The van der Waals surface area contributed by atoms with E-state index in [1.165, 1.54) is 12.1 Å². The number of non-ortho nitro benzene ring substituents is 1. The number of benzene rings is 1. The number of nitrogens with zero attached hydrogens (tertiary/aromatic N) is 2. The number of hydrogen-bond acceptors (Lipinski definition) is 6. The SMILES string of the molecule is CC(C)COCCNc1ccc([N+](=O)[O-])cc1[N+](=O)[O-]. The van der Waals surface area contributed by atoms with Gasteiger partial charge in [-0.2, -0.15) is 0 Å². The van der Waals surface area contributed by atoms with Gasteiger partial charge in [0.2, 0.25) is 0 Å². The third kappa shape index (κ3) is 4.81. The van der Waals surface area contributed by atoms with Gasteiger partial charge in [-0.15, -0.1) is 0 Å². The minimum atomic E-state index is -0.664. The van der Waals surface area contributed by atoms with E-state index < -0.39 is 9.85 Å². The third-order valence-electron chi connectivity index (χ3n) is 2.40. The lowest BCUT2D eigenvalue weighted by atomic mass is 10.2. The van der Waals surface area contributed by atoms with E-state index >= 15 is 0 Å². The molecule has 8 heteroatoms. The summed E-state index contributed by atoms with van der Waals surface area (Å²) in [6.07, 6.45) is 0. The van der Waals surface area contributed by atoms with Gasteiger partial charge in [-0.3, -0.25) is 20.2 Å². The first-order valence-corrected chi connectivity index (χ1v) is 6.16. The smallest absolute Gasteiger partial charge is 0.299 e. The minimum Gasteiger partial charge on any atom is -0.379 e. The molecule has 0 spiro atoms. The van der Waals surface area contributed by atoms with Gasteiger partial charge in [0.05, 0.1) is 22.5 Å². The van der Waals surface area contributed by atoms with E-state index in [0.29, 0.717) is 25.7 Å². The summed E-state index contributed by atoms with van der Waals surface area (Å²) in [4.78, 5) is 20.2. The molecule has 8 nitrogen and oxygen atoms in total. The van der Waals surface area contributed by atoms with Crippen LogP contribution in [0.5, 0.6) is 0 Å². The maximum absolute atomic E-state index is 10.9. The first-order valence-electron chi connectivity index (χ1n) is 6.16. The van der Waals surface area contributed by atoms with Crippen LogP contribution in [-0.2, 0) is 4.74 Å². The van der Waals surface area contributed by atoms with E-state index in [0.717, 1.165) is 6.07 Å². The van der Waals surface area contributed by atoms with Gasteiger partial charge in [0.15, 0.2) is 0 Å². The van der Waals surface area contributed by atoms with Crippen LogP contribution in [0.25, 0.3) is 0 Å². The molecule has 20 heavy (non-hydrogen) atoms. The molecule has 1 aromatic rings. The van der Waals surface area contributed by atoms with Crippen LogP contribution >= 0.6 is 0 Å². The van der Waals surface area contributed by atoms with Crippen molar-refractivity contribution in [3.63, 3.8) is 0 Å². The number of anilines is 1. The highest BCUT2D eigenvalue weighted by molar-refractivity contribution is 5.65. The largest absolute Gasteiger partial charge is 0.379 e. The average Bonchev–Trinajstić information content (AvgIpc) is 2.37. The molecule has 1 aromatic carbocycles. The molecule has 0 unspecified atom stereocenters. The quantitative estimate of drug-likeness (QED) is 0.446. The monoisotopic (exact) mass is 283 g/mol. The van der Waals surface area contributed by atoms with Crippen molar-refractivity contribution >= 4 is 17.1 Å². The summed E-state index contributed by atoms with van der Waals surface area (Å²) < 4.78 is 5.34. The first-order chi connectivity index (χ1) is 9.41. The Kier molecular flexibility index (Phi) is 5.85. The molecule has 0 amide bonds. The highest BCUT2D eigenvalue weighted by Gasteiger charge is 2.18. The molecule has 0 radical (unpaired) electrons. The molecule has 0 saturated heterocycles. The van der Waals surface area contributed by atoms with Crippen molar-refractivity contribution in [1.29, 1.82) is 0 Å². The van der Waals surface area contributed by atoms with Crippen LogP contribution in [0.4, 0.5) is 17.1 Å². The van der Waals surface area contributed by atoms with Crippen LogP contribution < -0.4 is 5.32 Å². The molecule has 1 rings (SSSR count). The predicted octanol–water partition coefficient (Wildman–Crippen LogP) is 2.59. The average molecular weight is 283 g/mol. The lowest BCUT2D eigenvalue weighted by Crippen LogP contribution is -2.13. The lowest BCUT2D eigenvalue weighted by Gasteiger charge is -2.09. The van der Waals surface area contributed by atoms with Gasteiger partial charge in [-0.1, -0.05) is 13.8 Å². The molecule has 110 valence electrons. The van der Waals surface area contributed by atoms with E-state index in [2.05, 4.69) is 5.32 Å². The number of nitrogens with one attached hydrogen (secondary N) is 1. The maximum Gasteiger partial charge on any atom is 0.299 e. The molecular formula is C12H17N3O5. The Labute approximate surface area is 116 Å². The highest BCUT2D eigenvalue weighted by atomic mass is 16.6. The number of ether oxygens (including phenoxy) is 1. The summed E-state index contributed by atoms with van der Waals surface area (Å²) in [7, 11) is 0. The Bertz CT molecular complexity index is 490. The number of hydrogen-bond donors (Lipinski definition) is 1. The van der Waals surface area contributed by atoms with Crippen molar-refractivity contribution in [2.24, 2.45) is 5.92 Å². The van der Waals surface area contributed by atoms with Gasteiger partial charge in [-0.05, 0) is 12.0 Å². The van der Waals surface area contributed by atoms with E-state index in [9.17, 15) is 20.2 Å². The molecule has 0 atom stereocenters. The molecule has 0 aliphatic rings. The molecule has 0 aliphatic heterocycles. The molecule has 1 N–H and O–H groups in total. The van der Waals surface area contributed by atoms with Crippen molar-refractivity contribution in [1.82, 2.24) is 0 Å². The van der Waals surface area contributed by atoms with Gasteiger partial charge in [0.25, 0.3) is 11.4 Å². The number of nitro benzene ring substituents is 2. The van der Waals surface area contributed by atoms with Crippen LogP contribution in [0.1, 0.15) is 13.8 Å². The van der Waals surface area contributed by atoms with Crippen LogP contribution in [0.15, 0.2) is 18.2 Å². The summed E-state index contributed by atoms with van der Waals surface area (Å²) in [5.74, 6) is 0.420. The molecule has 0 aromatic heterocycles. The fourth-order valence-corrected chi connectivity index (χ4v) is 1.51. The Hall–Kier alpha value is -2.22. The summed E-state index contributed by atoms with van der Waals surface area (Å²) in [5.41, 5.74) is -0.380. The van der Waals surface area contributed by atoms with Crippen molar-refractivity contribution in [2.75, 3.05) is 25.1 Å². The Morgan fingerprint density at radius 2 is 1.95 bits per heavy atom. The van der Waals surface area contributed by atoms with Crippen molar-refractivity contribution in [2.45, 2.75) is 13.8 Å². The zero-order valence-electron chi connectivity index (χ0n) is 11.4. The third-order valence-corrected chi connectivity index (χ3v) is 2.40. The summed E-state index contributed by atoms with van der Waals surface area (Å²) >= 11 is 0. The molecule has 0 saturated carbocycles. The van der Waals surface area contributed by atoms with Crippen LogP contribution in [-0.4, -0.2) is 29.6 Å². The standard InChI is InChI=1S/C12H17N3O5/c1-9(2)8-20-6-5-13-11-4-3-10(14(16)17)7-12(11)15(18)19/h3-4,7,9,13H,5-6,8H2,1-2H3. The molecule has 0 aliphatic carbocycles. The van der Waals surface area contributed by atoms with E-state index in [1.54, 1.807) is 0 Å². The second-order valence-corrected chi connectivity index (χ2v) is 4.61. The van der Waals surface area contributed by atoms with Crippen molar-refractivity contribution in [3.8, 4) is 0 Å². The Balaban J connectivity index is 2.65. The van der Waals surface area contributed by atoms with Gasteiger partial charge < -0.3 is 10.1 Å². The second kappa shape index (κ2) is 7.39. The molecular weight excluding hydrogens is 266 g/mol. The molecule has 0 heterocycles. The Morgan fingerprint density at radius 3 is 2.50 bits per heavy atom. The highest BCUT2D eigenvalue weighted by Crippen LogP contribution is 2.28. The van der Waals surface area contributed by atoms with Crippen LogP contribution in [0, 0.1) is 26.1 Å². The number of nitro groups is 2. The zero-order chi connectivity index (χ0) is 15.1. The van der Waals surface area contributed by atoms with E-state index in [-0.39, 0.29) is 17.1 Å². The maximum atomic E-state index is 10.9. The zero-order valence-corrected chi connectivity index (χ0v) is 11.4. The molecule has 0 fully saturated rings. The van der Waals surface area contributed by atoms with Crippen molar-refractivity contribution in [3.05, 3.63) is 38.4 Å². The van der Waals surface area contributed by atoms with Gasteiger partial charge in [0, 0.05) is 19.2 Å². The van der Waals surface area contributed by atoms with Gasteiger partial charge in [0.1, 0.15) is 5.69 Å². The summed E-state index contributed by atoms with van der Waals surface area (Å²) in [6.45, 7) is 5.46. The topological polar surface area (TPSA) is 108 Å². The summed E-state index contributed by atoms with van der Waals surface area (Å²) in [6, 6.07) is 3.50. The normalized spacial score (nSPS) is 10.6. The fourth-order valence-electron chi connectivity index (χ4n) is 1.51. The predicted molar refractivity (Wildman–Crippen MR) is 73.9 cm³/mol. The number of rotatable bonds is 8. The van der Waals surface area contributed by atoms with E-state index in [1.807, 2.05) is 13.8 Å². The Morgan fingerprint density at radius 1 is 1.25 bits per heavy atom. The van der Waals surface area contributed by atoms with E-state index in [4.69, 9.17) is 4.74 Å². The van der Waals surface area contributed by atoms with Gasteiger partial charge >= 0.3 is 0 Å². The fraction of sp³-hybridized carbons (Fsp3) is 0.500.